The summed E-state index contributed by atoms with van der Waals surface area (Å²) in [7, 11) is 0. The summed E-state index contributed by atoms with van der Waals surface area (Å²) in [5.74, 6) is -2.20. The first-order chi connectivity index (χ1) is 12.0. The molecule has 0 aromatic heterocycles. The minimum absolute atomic E-state index is 0.304. The molecule has 0 bridgehead atoms. The third-order valence-corrected chi connectivity index (χ3v) is 4.81. The van der Waals surface area contributed by atoms with E-state index in [4.69, 9.17) is 0 Å². The largest absolute Gasteiger partial charge is 0.480 e. The molecule has 2 aromatic rings. The van der Waals surface area contributed by atoms with Gasteiger partial charge in [0.25, 0.3) is 0 Å². The molecule has 0 saturated carbocycles. The van der Waals surface area contributed by atoms with Gasteiger partial charge in [-0.3, -0.25) is 9.69 Å². The molecule has 3 nitrogen and oxygen atoms in total. The molecular formula is C20H21F2NO2. The lowest BCUT2D eigenvalue weighted by Gasteiger charge is -2.39. The van der Waals surface area contributed by atoms with E-state index in [2.05, 4.69) is 0 Å². The second-order valence-corrected chi connectivity index (χ2v) is 6.57. The van der Waals surface area contributed by atoms with Gasteiger partial charge in [0.2, 0.25) is 0 Å². The number of nitrogens with zero attached hydrogens (tertiary/aromatic N) is 1. The van der Waals surface area contributed by atoms with Crippen LogP contribution in [0.1, 0.15) is 42.0 Å². The lowest BCUT2D eigenvalue weighted by Crippen LogP contribution is -2.47. The first-order valence-electron chi connectivity index (χ1n) is 8.47. The molecule has 1 aliphatic rings. The van der Waals surface area contributed by atoms with Gasteiger partial charge in [-0.2, -0.15) is 0 Å². The minimum Gasteiger partial charge on any atom is -0.480 e. The average molecular weight is 345 g/mol. The maximum Gasteiger partial charge on any atom is 0.320 e. The van der Waals surface area contributed by atoms with Crippen LogP contribution in [0.5, 0.6) is 0 Å². The number of likely N-dealkylation sites (tertiary alicyclic amines) is 1. The highest BCUT2D eigenvalue weighted by atomic mass is 19.1. The number of halogens is 2. The standard InChI is InChI=1S/C20H21F2NO2/c1-13-5-7-14(8-6-13)19(16-10-9-15(21)12-17(16)22)23-11-3-2-4-18(23)20(24)25/h5-10,12,18-19H,2-4,11H2,1H3,(H,24,25). The fourth-order valence-corrected chi connectivity index (χ4v) is 3.55. The molecule has 0 radical (unpaired) electrons. The molecule has 132 valence electrons. The molecule has 2 atom stereocenters. The molecular weight excluding hydrogens is 324 g/mol. The summed E-state index contributed by atoms with van der Waals surface area (Å²) < 4.78 is 27.9. The number of rotatable bonds is 4. The number of carboxylic acids is 1. The van der Waals surface area contributed by atoms with Gasteiger partial charge in [-0.25, -0.2) is 8.78 Å². The van der Waals surface area contributed by atoms with E-state index >= 15 is 0 Å². The smallest absolute Gasteiger partial charge is 0.320 e. The number of benzene rings is 2. The zero-order valence-corrected chi connectivity index (χ0v) is 14.1. The highest BCUT2D eigenvalue weighted by Crippen LogP contribution is 2.35. The Morgan fingerprint density at radius 3 is 2.52 bits per heavy atom. The number of aryl methyl sites for hydroxylation is 1. The third-order valence-electron chi connectivity index (χ3n) is 4.81. The molecule has 5 heteroatoms. The van der Waals surface area contributed by atoms with Crippen LogP contribution in [-0.4, -0.2) is 28.6 Å². The second kappa shape index (κ2) is 7.31. The average Bonchev–Trinajstić information content (AvgIpc) is 2.59. The SMILES string of the molecule is Cc1ccc(C(c2ccc(F)cc2F)N2CCCCC2C(=O)O)cc1. The van der Waals surface area contributed by atoms with Crippen LogP contribution in [0.4, 0.5) is 8.78 Å². The second-order valence-electron chi connectivity index (χ2n) is 6.57. The molecule has 25 heavy (non-hydrogen) atoms. The van der Waals surface area contributed by atoms with E-state index in [0.717, 1.165) is 30.0 Å². The Morgan fingerprint density at radius 1 is 1.16 bits per heavy atom. The molecule has 3 rings (SSSR count). The number of carbonyl (C=O) groups is 1. The first kappa shape index (κ1) is 17.5. The summed E-state index contributed by atoms with van der Waals surface area (Å²) in [5.41, 5.74) is 2.18. The predicted octanol–water partition coefficient (Wildman–Crippen LogP) is 4.30. The van der Waals surface area contributed by atoms with Gasteiger partial charge in [0.15, 0.2) is 0 Å². The lowest BCUT2D eigenvalue weighted by molar-refractivity contribution is -0.145. The lowest BCUT2D eigenvalue weighted by atomic mass is 9.91. The summed E-state index contributed by atoms with van der Waals surface area (Å²) in [4.78, 5) is 13.6. The Hall–Kier alpha value is -2.27. The van der Waals surface area contributed by atoms with Crippen molar-refractivity contribution in [3.05, 3.63) is 70.8 Å². The van der Waals surface area contributed by atoms with Crippen LogP contribution in [0.15, 0.2) is 42.5 Å². The highest BCUT2D eigenvalue weighted by Gasteiger charge is 2.36. The van der Waals surface area contributed by atoms with Crippen LogP contribution >= 0.6 is 0 Å². The van der Waals surface area contributed by atoms with E-state index in [1.54, 1.807) is 0 Å². The van der Waals surface area contributed by atoms with Crippen molar-refractivity contribution < 1.29 is 18.7 Å². The molecule has 1 saturated heterocycles. The maximum atomic E-state index is 14.5. The van der Waals surface area contributed by atoms with Gasteiger partial charge < -0.3 is 5.11 Å². The van der Waals surface area contributed by atoms with Crippen molar-refractivity contribution in [3.63, 3.8) is 0 Å². The van der Waals surface area contributed by atoms with E-state index in [0.29, 0.717) is 18.5 Å². The number of hydrogen-bond donors (Lipinski definition) is 1. The monoisotopic (exact) mass is 345 g/mol. The van der Waals surface area contributed by atoms with Crippen molar-refractivity contribution in [3.8, 4) is 0 Å². The van der Waals surface area contributed by atoms with Crippen molar-refractivity contribution >= 4 is 5.97 Å². The number of carboxylic acid groups (broad SMARTS) is 1. The normalized spacial score (nSPS) is 19.6. The fraction of sp³-hybridized carbons (Fsp3) is 0.350. The van der Waals surface area contributed by atoms with E-state index in [-0.39, 0.29) is 0 Å². The number of aliphatic carboxylic acids is 1. The molecule has 2 unspecified atom stereocenters. The quantitative estimate of drug-likeness (QED) is 0.898. The topological polar surface area (TPSA) is 40.5 Å². The highest BCUT2D eigenvalue weighted by molar-refractivity contribution is 5.73. The number of hydrogen-bond acceptors (Lipinski definition) is 2. The van der Waals surface area contributed by atoms with E-state index in [1.807, 2.05) is 36.1 Å². The molecule has 0 aliphatic carbocycles. The molecule has 0 amide bonds. The van der Waals surface area contributed by atoms with Gasteiger partial charge in [-0.1, -0.05) is 42.3 Å². The van der Waals surface area contributed by atoms with E-state index in [1.165, 1.54) is 12.1 Å². The molecule has 1 aliphatic heterocycles. The zero-order chi connectivity index (χ0) is 18.0. The van der Waals surface area contributed by atoms with Crippen LogP contribution in [0.3, 0.4) is 0 Å². The molecule has 0 spiro atoms. The summed E-state index contributed by atoms with van der Waals surface area (Å²) in [5, 5.41) is 9.61. The summed E-state index contributed by atoms with van der Waals surface area (Å²) in [6.07, 6.45) is 2.22. The Kier molecular flexibility index (Phi) is 5.13. The Morgan fingerprint density at radius 2 is 1.88 bits per heavy atom. The summed E-state index contributed by atoms with van der Waals surface area (Å²) in [6.45, 7) is 2.52. The molecule has 1 fully saturated rings. The fourth-order valence-electron chi connectivity index (χ4n) is 3.55. The molecule has 1 N–H and O–H groups in total. The Balaban J connectivity index is 2.10. The van der Waals surface area contributed by atoms with Crippen LogP contribution in [0.2, 0.25) is 0 Å². The Labute approximate surface area is 145 Å². The van der Waals surface area contributed by atoms with Gasteiger partial charge in [0, 0.05) is 11.6 Å². The van der Waals surface area contributed by atoms with Gasteiger partial charge >= 0.3 is 5.97 Å². The van der Waals surface area contributed by atoms with Crippen molar-refractivity contribution in [2.75, 3.05) is 6.54 Å². The van der Waals surface area contributed by atoms with Crippen LogP contribution < -0.4 is 0 Å². The summed E-state index contributed by atoms with van der Waals surface area (Å²) in [6, 6.07) is 9.88. The van der Waals surface area contributed by atoms with Crippen molar-refractivity contribution in [1.29, 1.82) is 0 Å². The van der Waals surface area contributed by atoms with Crippen molar-refractivity contribution in [2.24, 2.45) is 0 Å². The zero-order valence-electron chi connectivity index (χ0n) is 14.1. The van der Waals surface area contributed by atoms with E-state index < -0.39 is 29.7 Å². The third kappa shape index (κ3) is 3.71. The van der Waals surface area contributed by atoms with Gasteiger partial charge in [0.05, 0.1) is 6.04 Å². The van der Waals surface area contributed by atoms with Gasteiger partial charge in [-0.05, 0) is 37.9 Å². The molecule has 2 aromatic carbocycles. The molecule has 1 heterocycles. The van der Waals surface area contributed by atoms with Crippen molar-refractivity contribution in [2.45, 2.75) is 38.3 Å². The van der Waals surface area contributed by atoms with Gasteiger partial charge in [-0.15, -0.1) is 0 Å². The van der Waals surface area contributed by atoms with Crippen LogP contribution in [-0.2, 0) is 4.79 Å². The minimum atomic E-state index is -0.903. The van der Waals surface area contributed by atoms with Crippen molar-refractivity contribution in [1.82, 2.24) is 4.90 Å². The van der Waals surface area contributed by atoms with Crippen LogP contribution in [0.25, 0.3) is 0 Å². The maximum absolute atomic E-state index is 14.5. The first-order valence-corrected chi connectivity index (χ1v) is 8.47. The van der Waals surface area contributed by atoms with E-state index in [9.17, 15) is 18.7 Å². The number of piperidine rings is 1. The predicted molar refractivity (Wildman–Crippen MR) is 91.4 cm³/mol. The summed E-state index contributed by atoms with van der Waals surface area (Å²) >= 11 is 0. The van der Waals surface area contributed by atoms with Crippen LogP contribution in [0, 0.1) is 18.6 Å². The Bertz CT molecular complexity index is 761. The van der Waals surface area contributed by atoms with Gasteiger partial charge in [0.1, 0.15) is 17.7 Å².